The molecule has 4 N–H and O–H groups in total. The van der Waals surface area contributed by atoms with Gasteiger partial charge < -0.3 is 26.2 Å². The van der Waals surface area contributed by atoms with Gasteiger partial charge in [-0.2, -0.15) is 4.98 Å². The molecular formula is C26H34FN7O. The number of nitrogens with one attached hydrogen (secondary N) is 2. The van der Waals surface area contributed by atoms with Crippen LogP contribution in [0, 0.1) is 30.0 Å². The van der Waals surface area contributed by atoms with E-state index in [0.29, 0.717) is 0 Å². The molecule has 1 aromatic heterocycles. The largest absolute Gasteiger partial charge is 0.369 e. The maximum Gasteiger partial charge on any atom is 0.229 e. The summed E-state index contributed by atoms with van der Waals surface area (Å²) in [6.45, 7) is 9.97. The van der Waals surface area contributed by atoms with Gasteiger partial charge in [0.25, 0.3) is 0 Å². The second-order valence-electron chi connectivity index (χ2n) is 10.5. The first-order valence-corrected chi connectivity index (χ1v) is 12.2. The van der Waals surface area contributed by atoms with Gasteiger partial charge in [-0.05, 0) is 63.9 Å². The van der Waals surface area contributed by atoms with Crippen LogP contribution in [0.4, 0.5) is 27.5 Å². The average Bonchev–Trinajstić information content (AvgIpc) is 3.39. The quantitative estimate of drug-likeness (QED) is 0.547. The molecule has 4 atom stereocenters. The number of aryl methyl sites for hydroxylation is 1. The second kappa shape index (κ2) is 8.48. The van der Waals surface area contributed by atoms with E-state index in [-0.39, 0.29) is 23.6 Å². The smallest absolute Gasteiger partial charge is 0.229 e. The predicted octanol–water partition coefficient (Wildman–Crippen LogP) is 3.29. The first-order valence-electron chi connectivity index (χ1n) is 12.2. The summed E-state index contributed by atoms with van der Waals surface area (Å²) >= 11 is 0. The van der Waals surface area contributed by atoms with Crippen molar-refractivity contribution in [2.24, 2.45) is 23.0 Å². The third-order valence-electron chi connectivity index (χ3n) is 8.58. The number of carbonyl (C=O) groups excluding carboxylic acids is 1. The van der Waals surface area contributed by atoms with Crippen molar-refractivity contribution >= 4 is 29.0 Å². The van der Waals surface area contributed by atoms with Gasteiger partial charge in [-0.15, -0.1) is 0 Å². The summed E-state index contributed by atoms with van der Waals surface area (Å²) in [6, 6.07) is 6.15. The van der Waals surface area contributed by atoms with Gasteiger partial charge in [0, 0.05) is 43.5 Å². The summed E-state index contributed by atoms with van der Waals surface area (Å²) in [6.07, 6.45) is 6.10. The molecule has 35 heavy (non-hydrogen) atoms. The molecule has 9 heteroatoms. The number of rotatable bonds is 6. The first kappa shape index (κ1) is 23.5. The van der Waals surface area contributed by atoms with Crippen LogP contribution >= 0.6 is 0 Å². The molecule has 186 valence electrons. The Morgan fingerprint density at radius 3 is 2.57 bits per heavy atom. The number of allylic oxidation sites excluding steroid dienone is 1. The number of hydrogen-bond acceptors (Lipinski definition) is 7. The number of primary amides is 1. The van der Waals surface area contributed by atoms with Crippen molar-refractivity contribution in [2.45, 2.75) is 32.7 Å². The summed E-state index contributed by atoms with van der Waals surface area (Å²) < 4.78 is 14.8. The van der Waals surface area contributed by atoms with Crippen LogP contribution in [0.2, 0.25) is 0 Å². The number of anilines is 4. The molecule has 2 fully saturated rings. The van der Waals surface area contributed by atoms with Crippen molar-refractivity contribution in [3.8, 4) is 0 Å². The summed E-state index contributed by atoms with van der Waals surface area (Å²) in [7, 11) is 2.14. The highest BCUT2D eigenvalue weighted by Crippen LogP contribution is 2.59. The van der Waals surface area contributed by atoms with Gasteiger partial charge in [0.1, 0.15) is 0 Å². The van der Waals surface area contributed by atoms with Gasteiger partial charge in [-0.1, -0.05) is 12.2 Å². The molecule has 1 aliphatic heterocycles. The fourth-order valence-electron chi connectivity index (χ4n) is 6.01. The third kappa shape index (κ3) is 3.82. The van der Waals surface area contributed by atoms with Crippen molar-refractivity contribution in [3.05, 3.63) is 47.9 Å². The van der Waals surface area contributed by atoms with Gasteiger partial charge in [0.15, 0.2) is 11.6 Å². The van der Waals surface area contributed by atoms with E-state index >= 15 is 0 Å². The average molecular weight is 480 g/mol. The lowest BCUT2D eigenvalue weighted by Crippen LogP contribution is -2.59. The standard InChI is InChI=1S/C26H34FN7O/c1-16-13-19(7-8-21(16)34-11-9-33(4)10-12-34)30-24-29-15-20(27)22(31-24)32-26(3)18-6-5-17(14-18)25(26,2)23(28)35/h5-8,13,15,17-18H,9-12,14H2,1-4H3,(H2,28,35)(H2,29,30,31,32)/t17-,18+,25+,26+/m0/s1. The molecule has 5 rings (SSSR count). The molecule has 0 spiro atoms. The van der Waals surface area contributed by atoms with Crippen LogP contribution in [-0.4, -0.2) is 59.5 Å². The number of aromatic nitrogens is 2. The summed E-state index contributed by atoms with van der Waals surface area (Å²) in [4.78, 5) is 25.8. The summed E-state index contributed by atoms with van der Waals surface area (Å²) in [5, 5.41) is 6.46. The number of carbonyl (C=O) groups is 1. The Balaban J connectivity index is 1.36. The SMILES string of the molecule is Cc1cc(Nc2ncc(F)c(N[C@]3(C)[C@@H]4C=C[C@@H](C4)[C@]3(C)C(N)=O)n2)ccc1N1CCN(C)CC1. The van der Waals surface area contributed by atoms with E-state index in [1.807, 2.05) is 19.9 Å². The molecule has 2 aromatic rings. The van der Waals surface area contributed by atoms with Crippen molar-refractivity contribution in [2.75, 3.05) is 48.8 Å². The number of hydrogen-bond donors (Lipinski definition) is 3. The van der Waals surface area contributed by atoms with Gasteiger partial charge in [0.2, 0.25) is 11.9 Å². The molecule has 1 saturated carbocycles. The van der Waals surface area contributed by atoms with Crippen LogP contribution < -0.4 is 21.3 Å². The van der Waals surface area contributed by atoms with Gasteiger partial charge >= 0.3 is 0 Å². The molecule has 2 aliphatic carbocycles. The van der Waals surface area contributed by atoms with Crippen LogP contribution in [0.1, 0.15) is 25.8 Å². The molecule has 3 aliphatic rings. The Morgan fingerprint density at radius 1 is 1.17 bits per heavy atom. The number of amides is 1. The van der Waals surface area contributed by atoms with Crippen LogP contribution in [0.25, 0.3) is 0 Å². The third-order valence-corrected chi connectivity index (χ3v) is 8.58. The van der Waals surface area contributed by atoms with Crippen molar-refractivity contribution in [1.82, 2.24) is 14.9 Å². The summed E-state index contributed by atoms with van der Waals surface area (Å²) in [5.41, 5.74) is 7.43. The Kier molecular flexibility index (Phi) is 5.70. The van der Waals surface area contributed by atoms with Gasteiger partial charge in [0.05, 0.1) is 17.2 Å². The minimum atomic E-state index is -0.854. The van der Waals surface area contributed by atoms with E-state index in [1.165, 1.54) is 5.69 Å². The molecule has 2 heterocycles. The molecule has 2 bridgehead atoms. The molecule has 0 unspecified atom stereocenters. The minimum absolute atomic E-state index is 0.0202. The van der Waals surface area contributed by atoms with Crippen LogP contribution in [0.3, 0.4) is 0 Å². The zero-order chi connectivity index (χ0) is 25.0. The van der Waals surface area contributed by atoms with Crippen LogP contribution in [0.15, 0.2) is 36.5 Å². The molecular weight excluding hydrogens is 445 g/mol. The Bertz CT molecular complexity index is 1180. The lowest BCUT2D eigenvalue weighted by molar-refractivity contribution is -0.130. The van der Waals surface area contributed by atoms with E-state index in [9.17, 15) is 9.18 Å². The van der Waals surface area contributed by atoms with E-state index in [1.54, 1.807) is 0 Å². The van der Waals surface area contributed by atoms with Gasteiger partial charge in [-0.3, -0.25) is 4.79 Å². The minimum Gasteiger partial charge on any atom is -0.369 e. The van der Waals surface area contributed by atoms with Gasteiger partial charge in [-0.25, -0.2) is 9.37 Å². The highest BCUT2D eigenvalue weighted by Gasteiger charge is 2.64. The van der Waals surface area contributed by atoms with E-state index in [4.69, 9.17) is 5.73 Å². The van der Waals surface area contributed by atoms with Crippen LogP contribution in [0.5, 0.6) is 0 Å². The highest BCUT2D eigenvalue weighted by molar-refractivity contribution is 5.85. The van der Waals surface area contributed by atoms with E-state index < -0.39 is 22.7 Å². The fraction of sp³-hybridized carbons (Fsp3) is 0.500. The molecule has 1 amide bonds. The lowest BCUT2D eigenvalue weighted by Gasteiger charge is -2.46. The first-order chi connectivity index (χ1) is 16.6. The lowest BCUT2D eigenvalue weighted by atomic mass is 9.64. The normalized spacial score (nSPS) is 30.0. The summed E-state index contributed by atoms with van der Waals surface area (Å²) in [5.74, 6) is -0.551. The van der Waals surface area contributed by atoms with Crippen molar-refractivity contribution in [3.63, 3.8) is 0 Å². The topological polar surface area (TPSA) is 99.4 Å². The number of halogens is 1. The van der Waals surface area contributed by atoms with E-state index in [2.05, 4.69) is 68.7 Å². The fourth-order valence-corrected chi connectivity index (χ4v) is 6.01. The second-order valence-corrected chi connectivity index (χ2v) is 10.5. The Morgan fingerprint density at radius 2 is 1.89 bits per heavy atom. The zero-order valence-electron chi connectivity index (χ0n) is 20.8. The zero-order valence-corrected chi connectivity index (χ0v) is 20.8. The molecule has 1 aromatic carbocycles. The molecule has 0 radical (unpaired) electrons. The van der Waals surface area contributed by atoms with E-state index in [0.717, 1.165) is 50.0 Å². The highest BCUT2D eigenvalue weighted by atomic mass is 19.1. The predicted molar refractivity (Wildman–Crippen MR) is 136 cm³/mol. The Labute approximate surface area is 205 Å². The molecule has 1 saturated heterocycles. The van der Waals surface area contributed by atoms with Crippen molar-refractivity contribution < 1.29 is 9.18 Å². The molecule has 8 nitrogen and oxygen atoms in total. The Hall–Kier alpha value is -3.20. The number of fused-ring (bicyclic) bond motifs is 2. The van der Waals surface area contributed by atoms with Crippen molar-refractivity contribution in [1.29, 1.82) is 0 Å². The monoisotopic (exact) mass is 479 g/mol. The maximum atomic E-state index is 14.8. The number of benzene rings is 1. The number of piperazine rings is 1. The number of nitrogens with zero attached hydrogens (tertiary/aromatic N) is 4. The number of nitrogens with two attached hydrogens (primary N) is 1. The maximum absolute atomic E-state index is 14.8. The van der Waals surface area contributed by atoms with Crippen LogP contribution in [-0.2, 0) is 4.79 Å². The number of likely N-dealkylation sites (N-methyl/N-ethyl adjacent to an activating group) is 1.